The maximum Gasteiger partial charge on any atom is 0.264 e. The van der Waals surface area contributed by atoms with Crippen LogP contribution in [-0.2, 0) is 26.2 Å². The van der Waals surface area contributed by atoms with Crippen molar-refractivity contribution in [1.29, 1.82) is 0 Å². The third-order valence-corrected chi connectivity index (χ3v) is 8.96. The second-order valence-electron chi connectivity index (χ2n) is 9.75. The van der Waals surface area contributed by atoms with Crippen molar-refractivity contribution in [1.82, 2.24) is 10.2 Å². The fraction of sp³-hybridized carbons (Fsp3) is 0.355. The molecule has 3 aromatic carbocycles. The van der Waals surface area contributed by atoms with Crippen LogP contribution in [0.4, 0.5) is 10.1 Å². The molecule has 2 amide bonds. The Balaban J connectivity index is 2.07. The Kier molecular flexibility index (Phi) is 11.8. The van der Waals surface area contributed by atoms with Gasteiger partial charge in [-0.25, -0.2) is 12.8 Å². The molecule has 0 aliphatic heterocycles. The molecule has 0 bridgehead atoms. The van der Waals surface area contributed by atoms with Gasteiger partial charge in [0.15, 0.2) is 0 Å². The molecular weight excluding hydrogens is 581 g/mol. The summed E-state index contributed by atoms with van der Waals surface area (Å²) in [6.45, 7) is 7.20. The summed E-state index contributed by atoms with van der Waals surface area (Å²) >= 11 is 6.43. The van der Waals surface area contributed by atoms with Gasteiger partial charge in [-0.3, -0.25) is 13.9 Å². The predicted octanol–water partition coefficient (Wildman–Crippen LogP) is 5.80. The Morgan fingerprint density at radius 3 is 2.17 bits per heavy atom. The number of hydrogen-bond donors (Lipinski definition) is 1. The highest BCUT2D eigenvalue weighted by Gasteiger charge is 2.34. The highest BCUT2D eigenvalue weighted by atomic mass is 35.5. The Bertz CT molecular complexity index is 1450. The van der Waals surface area contributed by atoms with Crippen molar-refractivity contribution < 1.29 is 27.1 Å². The van der Waals surface area contributed by atoms with E-state index in [1.165, 1.54) is 17.0 Å². The molecule has 0 aliphatic carbocycles. The van der Waals surface area contributed by atoms with Gasteiger partial charge in [0.05, 0.1) is 17.2 Å². The molecule has 226 valence electrons. The molecule has 0 fully saturated rings. The molecule has 8 nitrogen and oxygen atoms in total. The van der Waals surface area contributed by atoms with Crippen LogP contribution in [-0.4, -0.2) is 50.4 Å². The normalized spacial score (nSPS) is 12.7. The third kappa shape index (κ3) is 8.23. The SMILES string of the molecule is CCOc1ccc(N(CC(=O)N(Cc2ccccc2Cl)C(CC)C(=O)NC(C)CC)S(=O)(=O)c2ccc(F)cc2)cc1. The summed E-state index contributed by atoms with van der Waals surface area (Å²) in [5.74, 6) is -1.02. The molecule has 0 aromatic heterocycles. The summed E-state index contributed by atoms with van der Waals surface area (Å²) in [6.07, 6.45) is 0.980. The van der Waals surface area contributed by atoms with Crippen molar-refractivity contribution in [2.24, 2.45) is 0 Å². The molecule has 0 radical (unpaired) electrons. The van der Waals surface area contributed by atoms with E-state index in [-0.39, 0.29) is 35.5 Å². The van der Waals surface area contributed by atoms with Crippen LogP contribution in [0.1, 0.15) is 46.1 Å². The first-order chi connectivity index (χ1) is 20.0. The minimum absolute atomic E-state index is 0.0152. The largest absolute Gasteiger partial charge is 0.494 e. The minimum Gasteiger partial charge on any atom is -0.494 e. The van der Waals surface area contributed by atoms with Crippen molar-refractivity contribution in [2.75, 3.05) is 17.5 Å². The molecule has 3 aromatic rings. The zero-order valence-corrected chi connectivity index (χ0v) is 25.8. The van der Waals surface area contributed by atoms with Crippen LogP contribution in [0.25, 0.3) is 0 Å². The number of halogens is 2. The lowest BCUT2D eigenvalue weighted by atomic mass is 10.1. The molecule has 1 N–H and O–H groups in total. The van der Waals surface area contributed by atoms with Crippen molar-refractivity contribution in [3.63, 3.8) is 0 Å². The number of hydrogen-bond acceptors (Lipinski definition) is 5. The molecule has 0 saturated heterocycles. The summed E-state index contributed by atoms with van der Waals surface area (Å²) in [7, 11) is -4.33. The summed E-state index contributed by atoms with van der Waals surface area (Å²) in [5, 5.41) is 3.35. The van der Waals surface area contributed by atoms with Gasteiger partial charge in [0.1, 0.15) is 24.2 Å². The van der Waals surface area contributed by atoms with Gasteiger partial charge in [0.25, 0.3) is 10.0 Å². The van der Waals surface area contributed by atoms with Gasteiger partial charge in [-0.15, -0.1) is 0 Å². The maximum absolute atomic E-state index is 14.1. The Morgan fingerprint density at radius 2 is 1.60 bits per heavy atom. The van der Waals surface area contributed by atoms with Crippen LogP contribution in [0.5, 0.6) is 5.75 Å². The van der Waals surface area contributed by atoms with Gasteiger partial charge in [-0.05, 0) is 86.8 Å². The van der Waals surface area contributed by atoms with Crippen LogP contribution in [0.15, 0.2) is 77.7 Å². The lowest BCUT2D eigenvalue weighted by Crippen LogP contribution is -2.53. The molecule has 42 heavy (non-hydrogen) atoms. The first-order valence-corrected chi connectivity index (χ1v) is 15.7. The molecule has 2 atom stereocenters. The average molecular weight is 618 g/mol. The van der Waals surface area contributed by atoms with E-state index in [1.54, 1.807) is 43.3 Å². The molecule has 0 saturated carbocycles. The van der Waals surface area contributed by atoms with Crippen molar-refractivity contribution >= 4 is 39.1 Å². The smallest absolute Gasteiger partial charge is 0.264 e. The number of anilines is 1. The number of carbonyl (C=O) groups excluding carboxylic acids is 2. The number of rotatable bonds is 14. The minimum atomic E-state index is -4.33. The standard InChI is InChI=1S/C31H37ClFN3O5S/c1-5-22(4)34-31(38)29(6-2)35(20-23-10-8-9-11-28(23)32)30(37)21-36(25-14-16-26(17-15-25)41-7-3)42(39,40)27-18-12-24(33)13-19-27/h8-19,22,29H,5-7,20-21H2,1-4H3,(H,34,38). The van der Waals surface area contributed by atoms with Crippen LogP contribution in [0, 0.1) is 5.82 Å². The van der Waals surface area contributed by atoms with E-state index in [9.17, 15) is 22.4 Å². The maximum atomic E-state index is 14.1. The van der Waals surface area contributed by atoms with E-state index in [1.807, 2.05) is 20.8 Å². The van der Waals surface area contributed by atoms with Gasteiger partial charge in [0, 0.05) is 17.6 Å². The van der Waals surface area contributed by atoms with Crippen LogP contribution in [0.3, 0.4) is 0 Å². The topological polar surface area (TPSA) is 96.0 Å². The van der Waals surface area contributed by atoms with Gasteiger partial charge in [-0.2, -0.15) is 0 Å². The summed E-state index contributed by atoms with van der Waals surface area (Å²) in [6, 6.07) is 16.6. The van der Waals surface area contributed by atoms with E-state index in [2.05, 4.69) is 5.32 Å². The van der Waals surface area contributed by atoms with E-state index in [0.717, 1.165) is 28.6 Å². The van der Waals surface area contributed by atoms with E-state index in [0.29, 0.717) is 29.4 Å². The summed E-state index contributed by atoms with van der Waals surface area (Å²) in [4.78, 5) is 28.6. The first-order valence-electron chi connectivity index (χ1n) is 13.9. The summed E-state index contributed by atoms with van der Waals surface area (Å²) < 4.78 is 47.9. The third-order valence-electron chi connectivity index (χ3n) is 6.80. The fourth-order valence-electron chi connectivity index (χ4n) is 4.31. The van der Waals surface area contributed by atoms with Crippen LogP contribution < -0.4 is 14.4 Å². The molecule has 0 spiro atoms. The molecule has 0 heterocycles. The number of amides is 2. The lowest BCUT2D eigenvalue weighted by Gasteiger charge is -2.34. The van der Waals surface area contributed by atoms with Gasteiger partial charge in [0.2, 0.25) is 11.8 Å². The fourth-order valence-corrected chi connectivity index (χ4v) is 5.92. The highest BCUT2D eigenvalue weighted by Crippen LogP contribution is 2.27. The monoisotopic (exact) mass is 617 g/mol. The first kappa shape index (κ1) is 32.9. The Labute approximate surface area is 252 Å². The van der Waals surface area contributed by atoms with Crippen molar-refractivity contribution in [3.05, 3.63) is 89.2 Å². The van der Waals surface area contributed by atoms with Crippen molar-refractivity contribution in [3.8, 4) is 5.75 Å². The highest BCUT2D eigenvalue weighted by molar-refractivity contribution is 7.92. The Morgan fingerprint density at radius 1 is 0.952 bits per heavy atom. The van der Waals surface area contributed by atoms with Crippen LogP contribution in [0.2, 0.25) is 5.02 Å². The van der Waals surface area contributed by atoms with E-state index in [4.69, 9.17) is 16.3 Å². The number of benzene rings is 3. The van der Waals surface area contributed by atoms with E-state index >= 15 is 0 Å². The second-order valence-corrected chi connectivity index (χ2v) is 12.0. The summed E-state index contributed by atoms with van der Waals surface area (Å²) in [5.41, 5.74) is 0.808. The number of sulfonamides is 1. The zero-order valence-electron chi connectivity index (χ0n) is 24.2. The van der Waals surface area contributed by atoms with E-state index < -0.39 is 34.3 Å². The number of nitrogens with zero attached hydrogens (tertiary/aromatic N) is 2. The molecule has 0 aliphatic rings. The Hall–Kier alpha value is -3.63. The predicted molar refractivity (Wildman–Crippen MR) is 163 cm³/mol. The number of nitrogens with one attached hydrogen (secondary N) is 1. The molecule has 11 heteroatoms. The average Bonchev–Trinajstić information content (AvgIpc) is 2.97. The van der Waals surface area contributed by atoms with Gasteiger partial charge < -0.3 is 15.0 Å². The number of ether oxygens (including phenoxy) is 1. The molecule has 2 unspecified atom stereocenters. The van der Waals surface area contributed by atoms with Crippen molar-refractivity contribution in [2.45, 2.75) is 64.1 Å². The zero-order chi connectivity index (χ0) is 30.9. The number of carbonyl (C=O) groups is 2. The quantitative estimate of drug-likeness (QED) is 0.247. The second kappa shape index (κ2) is 15.0. The lowest BCUT2D eigenvalue weighted by molar-refractivity contribution is -0.140. The van der Waals surface area contributed by atoms with Gasteiger partial charge >= 0.3 is 0 Å². The molecular formula is C31H37ClFN3O5S. The van der Waals surface area contributed by atoms with Gasteiger partial charge in [-0.1, -0.05) is 43.6 Å². The molecule has 3 rings (SSSR count). The van der Waals surface area contributed by atoms with Crippen LogP contribution >= 0.6 is 11.6 Å².